The molecule has 1 rings (SSSR count). The van der Waals surface area contributed by atoms with E-state index in [1.807, 2.05) is 30.3 Å². The summed E-state index contributed by atoms with van der Waals surface area (Å²) in [5, 5.41) is 66.2. The van der Waals surface area contributed by atoms with E-state index in [-0.39, 0.29) is 32.3 Å². The lowest BCUT2D eigenvalue weighted by molar-refractivity contribution is -0.870. The highest BCUT2D eigenvalue weighted by atomic mass is 16.4. The third-order valence-corrected chi connectivity index (χ3v) is 4.31. The van der Waals surface area contributed by atoms with E-state index in [2.05, 4.69) is 32.2 Å². The molecule has 0 bridgehead atoms. The van der Waals surface area contributed by atoms with Crippen molar-refractivity contribution in [3.8, 4) is 0 Å². The van der Waals surface area contributed by atoms with Crippen LogP contribution in [-0.4, -0.2) is 143 Å². The summed E-state index contributed by atoms with van der Waals surface area (Å²) in [7, 11) is 6.16. The molecule has 1 aromatic rings. The Morgan fingerprint density at radius 2 is 1.38 bits per heavy atom. The molecule has 0 radical (unpaired) electrons. The standard InChI is InChI=1S/C9H11NO2.C6H14N4O2.C5H14NO.C3H8O3.C2H5NO2/c10-8(9(11)12)6-7-4-2-1-3-5-7;7-4(5(11)12)2-1-3-10-6(8)9;1-6(2,3)4-5-7;4-1-3(6)2-5;3-1-2(4)5/h1-5,8H,6,10H2,(H,11,12);4H,1-3,7H2,(H,11,12)(H4,8,9,10);7H,4-5H2,1-3H3;3-6H,1-2H2;1,3H2,(H,4,5)/q;;+1;;. The number of carboxylic acids is 3. The number of carbonyl (C=O) groups is 3. The molecule has 42 heavy (non-hydrogen) atoms. The van der Waals surface area contributed by atoms with Gasteiger partial charge in [-0.05, 0) is 24.8 Å². The highest BCUT2D eigenvalue weighted by Gasteiger charge is 2.11. The van der Waals surface area contributed by atoms with Gasteiger partial charge in [-0.2, -0.15) is 0 Å². The van der Waals surface area contributed by atoms with Crippen LogP contribution < -0.4 is 28.3 Å². The van der Waals surface area contributed by atoms with Gasteiger partial charge < -0.3 is 68.5 Å². The molecule has 0 aliphatic rings. The normalized spacial score (nSPS) is 11.3. The average molecular weight is 611 g/mol. The molecule has 17 heteroatoms. The number of aliphatic carboxylic acids is 3. The molecule has 0 saturated carbocycles. The maximum atomic E-state index is 10.4. The molecular formula is C25H52N7O10+. The van der Waals surface area contributed by atoms with Gasteiger partial charge in [-0.15, -0.1) is 0 Å². The molecule has 0 spiro atoms. The first-order chi connectivity index (χ1) is 19.4. The van der Waals surface area contributed by atoms with Crippen molar-refractivity contribution in [3.63, 3.8) is 0 Å². The molecule has 0 amide bonds. The predicted octanol–water partition coefficient (Wildman–Crippen LogP) is -3.65. The Balaban J connectivity index is -0.000000225. The molecule has 246 valence electrons. The monoisotopic (exact) mass is 610 g/mol. The Morgan fingerprint density at radius 3 is 1.64 bits per heavy atom. The third kappa shape index (κ3) is 41.1. The minimum atomic E-state index is -1.00. The van der Waals surface area contributed by atoms with Crippen LogP contribution in [0, 0.1) is 5.41 Å². The van der Waals surface area contributed by atoms with Gasteiger partial charge in [0.25, 0.3) is 0 Å². The van der Waals surface area contributed by atoms with Crippen molar-refractivity contribution in [1.82, 2.24) is 5.32 Å². The molecule has 0 fully saturated rings. The van der Waals surface area contributed by atoms with Crippen LogP contribution in [0.1, 0.15) is 18.4 Å². The highest BCUT2D eigenvalue weighted by Crippen LogP contribution is 2.01. The van der Waals surface area contributed by atoms with Crippen LogP contribution in [0.5, 0.6) is 0 Å². The molecular weight excluding hydrogens is 558 g/mol. The van der Waals surface area contributed by atoms with Crippen molar-refractivity contribution >= 4 is 23.9 Å². The van der Waals surface area contributed by atoms with Crippen LogP contribution >= 0.6 is 0 Å². The number of nitrogens with two attached hydrogens (primary N) is 4. The number of hydrogen-bond acceptors (Lipinski definition) is 11. The van der Waals surface area contributed by atoms with Crippen LogP contribution in [0.15, 0.2) is 30.3 Å². The number of nitrogens with one attached hydrogen (secondary N) is 2. The van der Waals surface area contributed by atoms with E-state index in [1.54, 1.807) is 0 Å². The van der Waals surface area contributed by atoms with Crippen molar-refractivity contribution in [2.24, 2.45) is 22.9 Å². The number of guanidine groups is 1. The molecule has 0 aromatic heterocycles. The van der Waals surface area contributed by atoms with E-state index in [4.69, 9.17) is 58.4 Å². The molecule has 17 nitrogen and oxygen atoms in total. The number of quaternary nitrogens is 1. The quantitative estimate of drug-likeness (QED) is 0.0443. The van der Waals surface area contributed by atoms with Crippen LogP contribution in [0.3, 0.4) is 0 Å². The topological polar surface area (TPSA) is 333 Å². The van der Waals surface area contributed by atoms with Gasteiger partial charge in [0.1, 0.15) is 24.7 Å². The second-order valence-corrected chi connectivity index (χ2v) is 9.42. The lowest BCUT2D eigenvalue weighted by Gasteiger charge is -2.21. The van der Waals surface area contributed by atoms with Crippen molar-refractivity contribution in [1.29, 1.82) is 5.41 Å². The first kappa shape index (κ1) is 45.6. The van der Waals surface area contributed by atoms with Crippen molar-refractivity contribution < 1.29 is 54.6 Å². The maximum Gasteiger partial charge on any atom is 0.320 e. The van der Waals surface area contributed by atoms with Crippen LogP contribution in [0.2, 0.25) is 0 Å². The van der Waals surface area contributed by atoms with E-state index >= 15 is 0 Å². The predicted molar refractivity (Wildman–Crippen MR) is 157 cm³/mol. The van der Waals surface area contributed by atoms with Gasteiger partial charge in [-0.25, -0.2) is 0 Å². The fourth-order valence-electron chi connectivity index (χ4n) is 1.98. The van der Waals surface area contributed by atoms with Crippen molar-refractivity contribution in [2.75, 3.05) is 60.6 Å². The molecule has 0 aliphatic carbocycles. The van der Waals surface area contributed by atoms with Gasteiger partial charge in [-0.3, -0.25) is 19.8 Å². The summed E-state index contributed by atoms with van der Waals surface area (Å²) in [6.07, 6.45) is 0.406. The molecule has 2 unspecified atom stereocenters. The Hall–Kier alpha value is -3.42. The van der Waals surface area contributed by atoms with Gasteiger partial charge in [0.15, 0.2) is 5.96 Å². The minimum Gasteiger partial charge on any atom is -0.480 e. The van der Waals surface area contributed by atoms with Crippen molar-refractivity contribution in [2.45, 2.75) is 37.5 Å². The summed E-state index contributed by atoms with van der Waals surface area (Å²) >= 11 is 0. The highest BCUT2D eigenvalue weighted by molar-refractivity contribution is 5.74. The SMILES string of the molecule is C[N+](C)(C)CCO.N=C(N)NCCCC(N)C(=O)O.NC(Cc1ccccc1)C(=O)O.NCC(=O)O.OCC(O)CO. The van der Waals surface area contributed by atoms with E-state index in [0.29, 0.717) is 25.8 Å². The van der Waals surface area contributed by atoms with Gasteiger partial charge in [0, 0.05) is 6.54 Å². The number of aliphatic hydroxyl groups excluding tert-OH is 4. The summed E-state index contributed by atoms with van der Waals surface area (Å²) in [5.41, 5.74) is 21.1. The Kier molecular flexibility index (Phi) is 31.6. The fraction of sp³-hybridized carbons (Fsp3) is 0.600. The molecule has 0 aliphatic heterocycles. The number of nitrogens with zero attached hydrogens (tertiary/aromatic N) is 1. The number of hydrogen-bond donors (Lipinski definition) is 13. The lowest BCUT2D eigenvalue weighted by atomic mass is 10.1. The number of carboxylic acid groups (broad SMARTS) is 3. The van der Waals surface area contributed by atoms with Gasteiger partial charge in [0.05, 0.1) is 47.5 Å². The zero-order chi connectivity index (χ0) is 33.7. The number of rotatable bonds is 13. The first-order valence-corrected chi connectivity index (χ1v) is 12.7. The van der Waals surface area contributed by atoms with Gasteiger partial charge in [0.2, 0.25) is 0 Å². The average Bonchev–Trinajstić information content (AvgIpc) is 2.91. The van der Waals surface area contributed by atoms with Crippen LogP contribution in [0.25, 0.3) is 0 Å². The van der Waals surface area contributed by atoms with Crippen molar-refractivity contribution in [3.05, 3.63) is 35.9 Å². The molecule has 0 saturated heterocycles. The summed E-state index contributed by atoms with van der Waals surface area (Å²) < 4.78 is 0.844. The summed E-state index contributed by atoms with van der Waals surface area (Å²) in [5.74, 6) is -3.04. The number of likely N-dealkylation sites (N-methyl/N-ethyl adjacent to an activating group) is 1. The summed E-state index contributed by atoms with van der Waals surface area (Å²) in [6, 6.07) is 7.72. The Labute approximate surface area is 246 Å². The van der Waals surface area contributed by atoms with Crippen LogP contribution in [-0.2, 0) is 20.8 Å². The minimum absolute atomic E-state index is 0.112. The molecule has 17 N–H and O–H groups in total. The smallest absolute Gasteiger partial charge is 0.320 e. The molecule has 0 heterocycles. The van der Waals surface area contributed by atoms with Crippen LogP contribution in [0.4, 0.5) is 0 Å². The second-order valence-electron chi connectivity index (χ2n) is 9.42. The lowest BCUT2D eigenvalue weighted by Crippen LogP contribution is -2.36. The fourth-order valence-corrected chi connectivity index (χ4v) is 1.98. The van der Waals surface area contributed by atoms with E-state index in [1.165, 1.54) is 0 Å². The Bertz CT molecular complexity index is 824. The first-order valence-electron chi connectivity index (χ1n) is 12.7. The van der Waals surface area contributed by atoms with Gasteiger partial charge in [-0.1, -0.05) is 30.3 Å². The largest absolute Gasteiger partial charge is 0.480 e. The third-order valence-electron chi connectivity index (χ3n) is 4.31. The van der Waals surface area contributed by atoms with E-state index < -0.39 is 36.1 Å². The summed E-state index contributed by atoms with van der Waals surface area (Å²) in [4.78, 5) is 29.8. The zero-order valence-electron chi connectivity index (χ0n) is 24.6. The molecule has 1 aromatic carbocycles. The second kappa shape index (κ2) is 29.1. The van der Waals surface area contributed by atoms with E-state index in [9.17, 15) is 14.4 Å². The number of benzene rings is 1. The maximum absolute atomic E-state index is 10.4. The molecule has 2 atom stereocenters. The Morgan fingerprint density at radius 1 is 0.929 bits per heavy atom. The zero-order valence-corrected chi connectivity index (χ0v) is 24.6. The summed E-state index contributed by atoms with van der Waals surface area (Å²) in [6.45, 7) is 0.590. The number of aliphatic hydroxyl groups is 4. The van der Waals surface area contributed by atoms with Gasteiger partial charge >= 0.3 is 17.9 Å². The van der Waals surface area contributed by atoms with E-state index in [0.717, 1.165) is 16.6 Å².